The lowest BCUT2D eigenvalue weighted by Gasteiger charge is -2.17. The van der Waals surface area contributed by atoms with Crippen molar-refractivity contribution in [3.63, 3.8) is 0 Å². The molecule has 2 heteroatoms. The Hall–Kier alpha value is -0.790. The molecule has 0 aliphatic heterocycles. The lowest BCUT2D eigenvalue weighted by Crippen LogP contribution is -2.01. The van der Waals surface area contributed by atoms with Crippen molar-refractivity contribution in [3.8, 4) is 0 Å². The Morgan fingerprint density at radius 3 is 2.21 bits per heavy atom. The molecule has 0 unspecified atom stereocenters. The summed E-state index contributed by atoms with van der Waals surface area (Å²) in [5, 5.41) is 7.72. The molecule has 1 aliphatic carbocycles. The third-order valence-electron chi connectivity index (χ3n) is 2.42. The highest BCUT2D eigenvalue weighted by molar-refractivity contribution is 5.66. The van der Waals surface area contributed by atoms with Crippen molar-refractivity contribution < 1.29 is 9.90 Å². The highest BCUT2D eigenvalue weighted by atomic mass is 16.4. The van der Waals surface area contributed by atoms with Gasteiger partial charge in [-0.15, -0.1) is 0 Å². The van der Waals surface area contributed by atoms with E-state index in [0.717, 1.165) is 5.92 Å². The summed E-state index contributed by atoms with van der Waals surface area (Å²) in [6, 6.07) is 0. The number of carbonyl (C=O) groups is 1. The van der Waals surface area contributed by atoms with Crippen LogP contribution >= 0.6 is 0 Å². The van der Waals surface area contributed by atoms with Crippen LogP contribution < -0.4 is 0 Å². The molecule has 2 nitrogen and oxygen atoms in total. The summed E-state index contributed by atoms with van der Waals surface area (Å²) in [5.74, 6) is 0.175. The topological polar surface area (TPSA) is 37.3 Å². The second-order valence-electron chi connectivity index (χ2n) is 3.67. The number of hydrogen-bond acceptors (Lipinski definition) is 1. The number of aliphatic carboxylic acids is 1. The van der Waals surface area contributed by atoms with E-state index in [-0.39, 0.29) is 6.42 Å². The molecule has 0 radical (unpaired) electrons. The van der Waals surface area contributed by atoms with Gasteiger partial charge >= 0.3 is 5.97 Å². The van der Waals surface area contributed by atoms with Gasteiger partial charge in [0.15, 0.2) is 0 Å². The monoisotopic (exact) mass is 198 g/mol. The van der Waals surface area contributed by atoms with E-state index in [4.69, 9.17) is 5.11 Å². The van der Waals surface area contributed by atoms with Crippen LogP contribution in [0.15, 0.2) is 12.2 Å². The standard InChI is InChI=1S/C9H16.C3H6O2/c1-2-6-9-7-4-3-5-8-9;1-2-3(4)5/h2,6,9H,3-5,7-8H2,1H3;2H2,1H3,(H,4,5). The predicted octanol–water partition coefficient (Wildman–Crippen LogP) is 3.62. The van der Waals surface area contributed by atoms with Crippen molar-refractivity contribution in [1.29, 1.82) is 0 Å². The molecule has 0 aromatic rings. The Balaban J connectivity index is 0.000000292. The van der Waals surface area contributed by atoms with Crippen LogP contribution in [0.1, 0.15) is 52.4 Å². The number of allylic oxidation sites excluding steroid dienone is 2. The first-order valence-electron chi connectivity index (χ1n) is 5.55. The maximum Gasteiger partial charge on any atom is 0.303 e. The molecule has 0 heterocycles. The zero-order valence-corrected chi connectivity index (χ0v) is 9.33. The predicted molar refractivity (Wildman–Crippen MR) is 59.3 cm³/mol. The molecule has 82 valence electrons. The van der Waals surface area contributed by atoms with Crippen molar-refractivity contribution >= 4 is 5.97 Å². The third kappa shape index (κ3) is 7.84. The van der Waals surface area contributed by atoms with Crippen molar-refractivity contribution in [2.45, 2.75) is 52.4 Å². The van der Waals surface area contributed by atoms with Gasteiger partial charge in [-0.05, 0) is 25.7 Å². The Morgan fingerprint density at radius 2 is 1.86 bits per heavy atom. The van der Waals surface area contributed by atoms with Crippen molar-refractivity contribution in [2.75, 3.05) is 0 Å². The molecular formula is C12H22O2. The molecule has 1 aliphatic rings. The SMILES string of the molecule is CC=CC1CCCCC1.CCC(=O)O. The maximum absolute atomic E-state index is 9.37. The van der Waals surface area contributed by atoms with Crippen molar-refractivity contribution in [2.24, 2.45) is 5.92 Å². The average Bonchev–Trinajstić information content (AvgIpc) is 2.21. The molecule has 14 heavy (non-hydrogen) atoms. The number of rotatable bonds is 2. The van der Waals surface area contributed by atoms with Crippen molar-refractivity contribution in [1.82, 2.24) is 0 Å². The fraction of sp³-hybridized carbons (Fsp3) is 0.750. The van der Waals surface area contributed by atoms with Crippen molar-refractivity contribution in [3.05, 3.63) is 12.2 Å². The highest BCUT2D eigenvalue weighted by Gasteiger charge is 2.08. The number of carboxylic acids is 1. The van der Waals surface area contributed by atoms with E-state index in [2.05, 4.69) is 19.1 Å². The van der Waals surface area contributed by atoms with Crippen LogP contribution in [0.3, 0.4) is 0 Å². The molecule has 0 atom stereocenters. The fourth-order valence-electron chi connectivity index (χ4n) is 1.60. The highest BCUT2D eigenvalue weighted by Crippen LogP contribution is 2.24. The Kier molecular flexibility index (Phi) is 8.30. The lowest BCUT2D eigenvalue weighted by molar-refractivity contribution is -0.136. The van der Waals surface area contributed by atoms with Gasteiger partial charge in [0, 0.05) is 6.42 Å². The van der Waals surface area contributed by atoms with E-state index in [1.807, 2.05) is 0 Å². The molecule has 0 bridgehead atoms. The largest absolute Gasteiger partial charge is 0.481 e. The summed E-state index contributed by atoms with van der Waals surface area (Å²) in [6.07, 6.45) is 12.0. The second kappa shape index (κ2) is 8.79. The zero-order chi connectivity index (χ0) is 10.8. The Bertz CT molecular complexity index is 167. The fourth-order valence-corrected chi connectivity index (χ4v) is 1.60. The van der Waals surface area contributed by atoms with Crippen LogP contribution in [0, 0.1) is 5.92 Å². The molecule has 1 rings (SSSR count). The summed E-state index contributed by atoms with van der Waals surface area (Å²) in [5.41, 5.74) is 0. The maximum atomic E-state index is 9.37. The van der Waals surface area contributed by atoms with Gasteiger partial charge in [-0.25, -0.2) is 0 Å². The number of hydrogen-bond donors (Lipinski definition) is 1. The Labute approximate surface area is 87.0 Å². The molecular weight excluding hydrogens is 176 g/mol. The minimum absolute atomic E-state index is 0.222. The van der Waals surface area contributed by atoms with Crippen LogP contribution in [0.4, 0.5) is 0 Å². The third-order valence-corrected chi connectivity index (χ3v) is 2.42. The number of carboxylic acid groups (broad SMARTS) is 1. The van der Waals surface area contributed by atoms with Gasteiger partial charge in [-0.2, -0.15) is 0 Å². The van der Waals surface area contributed by atoms with Gasteiger partial charge in [0.1, 0.15) is 0 Å². The molecule has 0 aromatic heterocycles. The van der Waals surface area contributed by atoms with Gasteiger partial charge in [-0.1, -0.05) is 38.3 Å². The molecule has 1 saturated carbocycles. The smallest absolute Gasteiger partial charge is 0.303 e. The summed E-state index contributed by atoms with van der Waals surface area (Å²) >= 11 is 0. The summed E-state index contributed by atoms with van der Waals surface area (Å²) in [4.78, 5) is 9.37. The van der Waals surface area contributed by atoms with E-state index >= 15 is 0 Å². The van der Waals surface area contributed by atoms with E-state index < -0.39 is 5.97 Å². The van der Waals surface area contributed by atoms with Gasteiger partial charge in [0.2, 0.25) is 0 Å². The average molecular weight is 198 g/mol. The van der Waals surface area contributed by atoms with Crippen LogP contribution in [-0.4, -0.2) is 11.1 Å². The zero-order valence-electron chi connectivity index (χ0n) is 9.33. The van der Waals surface area contributed by atoms with Crippen LogP contribution in [0.25, 0.3) is 0 Å². The van der Waals surface area contributed by atoms with Crippen LogP contribution in [0.2, 0.25) is 0 Å². The lowest BCUT2D eigenvalue weighted by atomic mass is 9.89. The van der Waals surface area contributed by atoms with E-state index in [1.165, 1.54) is 32.1 Å². The van der Waals surface area contributed by atoms with E-state index in [0.29, 0.717) is 0 Å². The van der Waals surface area contributed by atoms with E-state index in [1.54, 1.807) is 6.92 Å². The molecule has 1 fully saturated rings. The minimum atomic E-state index is -0.745. The second-order valence-corrected chi connectivity index (χ2v) is 3.67. The van der Waals surface area contributed by atoms with Gasteiger partial charge < -0.3 is 5.11 Å². The molecule has 0 spiro atoms. The minimum Gasteiger partial charge on any atom is -0.481 e. The molecule has 0 aromatic carbocycles. The first-order valence-corrected chi connectivity index (χ1v) is 5.55. The normalized spacial score (nSPS) is 17.6. The van der Waals surface area contributed by atoms with Gasteiger partial charge in [0.05, 0.1) is 0 Å². The summed E-state index contributed by atoms with van der Waals surface area (Å²) < 4.78 is 0. The first kappa shape index (κ1) is 13.2. The first-order chi connectivity index (χ1) is 6.70. The Morgan fingerprint density at radius 1 is 1.36 bits per heavy atom. The summed E-state index contributed by atoms with van der Waals surface area (Å²) in [6.45, 7) is 3.72. The molecule has 0 saturated heterocycles. The summed E-state index contributed by atoms with van der Waals surface area (Å²) in [7, 11) is 0. The quantitative estimate of drug-likeness (QED) is 0.688. The molecule has 1 N–H and O–H groups in total. The van der Waals surface area contributed by atoms with Crippen LogP contribution in [-0.2, 0) is 4.79 Å². The van der Waals surface area contributed by atoms with Crippen LogP contribution in [0.5, 0.6) is 0 Å². The molecule has 0 amide bonds. The van der Waals surface area contributed by atoms with E-state index in [9.17, 15) is 4.79 Å². The van der Waals surface area contributed by atoms with Gasteiger partial charge in [0.25, 0.3) is 0 Å². The van der Waals surface area contributed by atoms with Gasteiger partial charge in [-0.3, -0.25) is 4.79 Å².